The molecule has 0 aliphatic heterocycles. The van der Waals surface area contributed by atoms with Crippen molar-refractivity contribution in [3.63, 3.8) is 0 Å². The van der Waals surface area contributed by atoms with E-state index in [1.165, 1.54) is 0 Å². The summed E-state index contributed by atoms with van der Waals surface area (Å²) in [5, 5.41) is 6.28. The summed E-state index contributed by atoms with van der Waals surface area (Å²) in [6, 6.07) is 0. The van der Waals surface area contributed by atoms with Gasteiger partial charge in [-0.3, -0.25) is 4.57 Å². The Labute approximate surface area is 144 Å². The van der Waals surface area contributed by atoms with Crippen molar-refractivity contribution in [2.45, 2.75) is 53.4 Å². The Morgan fingerprint density at radius 1 is 0.833 bits per heavy atom. The topological polar surface area (TPSA) is 98.3 Å². The van der Waals surface area contributed by atoms with Gasteiger partial charge in [-0.25, -0.2) is 0 Å². The average molecular weight is 359 g/mol. The number of anilines is 2. The number of nitrogens with one attached hydrogen (secondary N) is 2. The van der Waals surface area contributed by atoms with Crippen molar-refractivity contribution in [2.24, 2.45) is 0 Å². The summed E-state index contributed by atoms with van der Waals surface area (Å²) in [5.74, 6) is 0.763. The van der Waals surface area contributed by atoms with Gasteiger partial charge in [-0.15, -0.1) is 0 Å². The first kappa shape index (κ1) is 20.8. The molecule has 2 N–H and O–H groups in total. The number of nitrogens with zero attached hydrogens (tertiary/aromatic N) is 3. The molecular formula is C15H30N5O3P. The van der Waals surface area contributed by atoms with Gasteiger partial charge in [0.05, 0.1) is 13.2 Å². The van der Waals surface area contributed by atoms with Crippen LogP contribution in [0.3, 0.4) is 0 Å². The fourth-order valence-corrected chi connectivity index (χ4v) is 3.31. The van der Waals surface area contributed by atoms with Crippen LogP contribution in [0.1, 0.15) is 53.4 Å². The molecule has 24 heavy (non-hydrogen) atoms. The van der Waals surface area contributed by atoms with Crippen molar-refractivity contribution in [2.75, 3.05) is 36.9 Å². The molecule has 0 bridgehead atoms. The average Bonchev–Trinajstić information content (AvgIpc) is 2.56. The minimum atomic E-state index is -3.55. The third-order valence-corrected chi connectivity index (χ3v) is 4.98. The Kier molecular flexibility index (Phi) is 9.83. The van der Waals surface area contributed by atoms with Gasteiger partial charge in [0.1, 0.15) is 0 Å². The molecular weight excluding hydrogens is 329 g/mol. The normalized spacial score (nSPS) is 11.5. The fraction of sp³-hybridized carbons (Fsp3) is 0.800. The van der Waals surface area contributed by atoms with E-state index in [0.717, 1.165) is 38.8 Å². The zero-order valence-corrected chi connectivity index (χ0v) is 16.1. The highest BCUT2D eigenvalue weighted by Gasteiger charge is 2.32. The quantitative estimate of drug-likeness (QED) is 0.409. The third kappa shape index (κ3) is 6.71. The lowest BCUT2D eigenvalue weighted by molar-refractivity contribution is 0.228. The molecule has 1 aromatic rings. The van der Waals surface area contributed by atoms with Gasteiger partial charge in [-0.2, -0.15) is 15.0 Å². The van der Waals surface area contributed by atoms with Crippen LogP contribution >= 0.6 is 7.60 Å². The zero-order chi connectivity index (χ0) is 17.8. The summed E-state index contributed by atoms with van der Waals surface area (Å²) in [4.78, 5) is 12.8. The van der Waals surface area contributed by atoms with Crippen molar-refractivity contribution in [1.29, 1.82) is 0 Å². The van der Waals surface area contributed by atoms with Crippen LogP contribution in [0, 0.1) is 0 Å². The lowest BCUT2D eigenvalue weighted by atomic mass is 10.3. The molecule has 0 radical (unpaired) electrons. The molecule has 0 aliphatic carbocycles. The van der Waals surface area contributed by atoms with Gasteiger partial charge in [0.2, 0.25) is 17.5 Å². The lowest BCUT2D eigenvalue weighted by Gasteiger charge is -2.17. The van der Waals surface area contributed by atoms with Crippen molar-refractivity contribution in [3.8, 4) is 0 Å². The van der Waals surface area contributed by atoms with Gasteiger partial charge in [0.25, 0.3) is 0 Å². The van der Waals surface area contributed by atoms with Gasteiger partial charge in [-0.1, -0.05) is 26.7 Å². The van der Waals surface area contributed by atoms with E-state index >= 15 is 0 Å². The van der Waals surface area contributed by atoms with Gasteiger partial charge in [0.15, 0.2) is 0 Å². The Balaban J connectivity index is 3.07. The van der Waals surface area contributed by atoms with Gasteiger partial charge >= 0.3 is 7.60 Å². The smallest absolute Gasteiger partial charge is 0.354 e. The lowest BCUT2D eigenvalue weighted by Crippen LogP contribution is -2.23. The Morgan fingerprint density at radius 3 is 1.67 bits per heavy atom. The molecule has 9 heteroatoms. The minimum Gasteiger partial charge on any atom is -0.354 e. The maximum Gasteiger partial charge on any atom is 0.398 e. The molecule has 0 unspecified atom stereocenters. The van der Waals surface area contributed by atoms with E-state index in [1.807, 2.05) is 0 Å². The molecule has 0 aliphatic rings. The zero-order valence-electron chi connectivity index (χ0n) is 15.2. The van der Waals surface area contributed by atoms with Crippen LogP contribution in [-0.2, 0) is 13.6 Å². The predicted molar refractivity (Wildman–Crippen MR) is 97.1 cm³/mol. The standard InChI is InChI=1S/C15H30N5O3P/c1-5-9-11-16-13-18-14(17-12-10-6-2)20-15(19-13)24(21,22-7-3)23-8-4/h5-12H2,1-4H3,(H2,16,17,18,19,20). The summed E-state index contributed by atoms with van der Waals surface area (Å²) < 4.78 is 23.6. The van der Waals surface area contributed by atoms with Crippen LogP contribution in [-0.4, -0.2) is 41.3 Å². The van der Waals surface area contributed by atoms with E-state index < -0.39 is 7.60 Å². The van der Waals surface area contributed by atoms with E-state index in [-0.39, 0.29) is 18.8 Å². The van der Waals surface area contributed by atoms with Gasteiger partial charge < -0.3 is 19.7 Å². The summed E-state index contributed by atoms with van der Waals surface area (Å²) in [7, 11) is -3.55. The summed E-state index contributed by atoms with van der Waals surface area (Å²) in [5.41, 5.74) is 0.0409. The van der Waals surface area contributed by atoms with Crippen LogP contribution in [0.4, 0.5) is 11.9 Å². The maximum absolute atomic E-state index is 12.9. The Morgan fingerprint density at radius 2 is 1.29 bits per heavy atom. The van der Waals surface area contributed by atoms with Crippen LogP contribution in [0.25, 0.3) is 0 Å². The molecule has 0 amide bonds. The van der Waals surface area contributed by atoms with E-state index in [0.29, 0.717) is 11.9 Å². The Hall–Kier alpha value is -1.24. The highest BCUT2D eigenvalue weighted by Crippen LogP contribution is 2.45. The van der Waals surface area contributed by atoms with Crippen molar-refractivity contribution < 1.29 is 13.6 Å². The van der Waals surface area contributed by atoms with Gasteiger partial charge in [0, 0.05) is 13.1 Å². The predicted octanol–water partition coefficient (Wildman–Crippen LogP) is 3.19. The number of rotatable bonds is 13. The number of aromatic nitrogens is 3. The second kappa shape index (κ2) is 11.3. The highest BCUT2D eigenvalue weighted by molar-refractivity contribution is 7.61. The summed E-state index contributed by atoms with van der Waals surface area (Å²) in [6.07, 6.45) is 4.11. The molecule has 0 saturated heterocycles. The van der Waals surface area contributed by atoms with E-state index in [4.69, 9.17) is 9.05 Å². The molecule has 1 heterocycles. The van der Waals surface area contributed by atoms with E-state index in [9.17, 15) is 4.57 Å². The first-order chi connectivity index (χ1) is 11.6. The van der Waals surface area contributed by atoms with Crippen LogP contribution in [0.2, 0.25) is 0 Å². The Bertz CT molecular complexity index is 492. The van der Waals surface area contributed by atoms with Crippen LogP contribution in [0.5, 0.6) is 0 Å². The highest BCUT2D eigenvalue weighted by atomic mass is 31.2. The second-order valence-electron chi connectivity index (χ2n) is 5.18. The third-order valence-electron chi connectivity index (χ3n) is 3.09. The van der Waals surface area contributed by atoms with Crippen LogP contribution < -0.4 is 16.2 Å². The molecule has 1 aromatic heterocycles. The van der Waals surface area contributed by atoms with Gasteiger partial charge in [-0.05, 0) is 26.7 Å². The molecule has 138 valence electrons. The first-order valence-electron chi connectivity index (χ1n) is 8.73. The molecule has 0 atom stereocenters. The molecule has 0 fully saturated rings. The molecule has 0 spiro atoms. The maximum atomic E-state index is 12.9. The van der Waals surface area contributed by atoms with Crippen molar-refractivity contribution >= 4 is 25.1 Å². The second-order valence-corrected chi connectivity index (χ2v) is 7.09. The molecule has 8 nitrogen and oxygen atoms in total. The molecule has 1 rings (SSSR count). The number of unbranched alkanes of at least 4 members (excludes halogenated alkanes) is 2. The monoisotopic (exact) mass is 359 g/mol. The minimum absolute atomic E-state index is 0.0409. The fourth-order valence-electron chi connectivity index (χ4n) is 1.89. The summed E-state index contributed by atoms with van der Waals surface area (Å²) in [6.45, 7) is 9.71. The van der Waals surface area contributed by atoms with E-state index in [2.05, 4.69) is 39.4 Å². The molecule has 0 aromatic carbocycles. The first-order valence-corrected chi connectivity index (χ1v) is 10.3. The number of hydrogen-bond acceptors (Lipinski definition) is 8. The van der Waals surface area contributed by atoms with Crippen LogP contribution in [0.15, 0.2) is 0 Å². The van der Waals surface area contributed by atoms with E-state index in [1.54, 1.807) is 13.8 Å². The molecule has 0 saturated carbocycles. The number of hydrogen-bond donors (Lipinski definition) is 2. The van der Waals surface area contributed by atoms with Crippen molar-refractivity contribution in [1.82, 2.24) is 15.0 Å². The SMILES string of the molecule is CCCCNc1nc(NCCCC)nc(P(=O)(OCC)OCC)n1. The summed E-state index contributed by atoms with van der Waals surface area (Å²) >= 11 is 0. The largest absolute Gasteiger partial charge is 0.398 e. The van der Waals surface area contributed by atoms with Crippen molar-refractivity contribution in [3.05, 3.63) is 0 Å².